The van der Waals surface area contributed by atoms with Crippen LogP contribution in [0, 0.1) is 0 Å². The van der Waals surface area contributed by atoms with Crippen LogP contribution < -0.4 is 5.32 Å². The summed E-state index contributed by atoms with van der Waals surface area (Å²) in [7, 11) is 0. The van der Waals surface area contributed by atoms with E-state index in [1.54, 1.807) is 0 Å². The topological polar surface area (TPSA) is 95.9 Å². The minimum atomic E-state index is -0.866. The highest BCUT2D eigenvalue weighted by atomic mass is 16.5. The molecule has 1 atom stereocenters. The maximum absolute atomic E-state index is 10.6. The molecule has 0 aliphatic rings. The number of nitrogens with one attached hydrogen (secondary N) is 1. The van der Waals surface area contributed by atoms with Gasteiger partial charge >= 0.3 is 5.97 Å². The van der Waals surface area contributed by atoms with E-state index in [0.29, 0.717) is 6.54 Å². The van der Waals surface area contributed by atoms with Gasteiger partial charge in [0, 0.05) is 20.0 Å². The first-order valence-corrected chi connectivity index (χ1v) is 4.25. The van der Waals surface area contributed by atoms with Gasteiger partial charge in [-0.15, -0.1) is 0 Å². The van der Waals surface area contributed by atoms with Gasteiger partial charge in [0.2, 0.25) is 5.78 Å². The number of aliphatic hydroxyl groups is 2. The summed E-state index contributed by atoms with van der Waals surface area (Å²) < 4.78 is 4.52. The van der Waals surface area contributed by atoms with Crippen LogP contribution in [0.15, 0.2) is 0 Å². The molecule has 0 heterocycles. The van der Waals surface area contributed by atoms with E-state index in [1.165, 1.54) is 0 Å². The molecule has 0 aromatic carbocycles. The summed E-state index contributed by atoms with van der Waals surface area (Å²) in [5.74, 6) is -1.50. The molecule has 0 amide bonds. The van der Waals surface area contributed by atoms with Gasteiger partial charge in [-0.3, -0.25) is 4.79 Å². The van der Waals surface area contributed by atoms with Crippen LogP contribution in [0.1, 0.15) is 6.92 Å². The van der Waals surface area contributed by atoms with Crippen molar-refractivity contribution in [2.45, 2.75) is 13.0 Å². The van der Waals surface area contributed by atoms with Crippen LogP contribution in [0.3, 0.4) is 0 Å². The Labute approximate surface area is 81.9 Å². The molecule has 0 rings (SSSR count). The van der Waals surface area contributed by atoms with Crippen LogP contribution in [0.5, 0.6) is 0 Å². The Morgan fingerprint density at radius 2 is 2.14 bits per heavy atom. The summed E-state index contributed by atoms with van der Waals surface area (Å²) >= 11 is 0. The number of carbonyl (C=O) groups is 2. The van der Waals surface area contributed by atoms with Crippen molar-refractivity contribution in [3.05, 3.63) is 0 Å². The van der Waals surface area contributed by atoms with Crippen molar-refractivity contribution in [3.8, 4) is 0 Å². The first-order valence-electron chi connectivity index (χ1n) is 4.25. The molecule has 3 N–H and O–H groups in total. The van der Waals surface area contributed by atoms with Gasteiger partial charge in [-0.1, -0.05) is 0 Å². The Bertz CT molecular complexity index is 194. The van der Waals surface area contributed by atoms with Crippen LogP contribution in [0.2, 0.25) is 0 Å². The van der Waals surface area contributed by atoms with E-state index in [9.17, 15) is 9.59 Å². The summed E-state index contributed by atoms with van der Waals surface area (Å²) in [4.78, 5) is 21.0. The summed E-state index contributed by atoms with van der Waals surface area (Å²) in [5, 5.41) is 20.0. The zero-order valence-corrected chi connectivity index (χ0v) is 8.02. The number of aliphatic hydroxyl groups excluding tert-OH is 2. The predicted molar refractivity (Wildman–Crippen MR) is 47.6 cm³/mol. The molecular formula is C8H15NO5. The number of ether oxygens (including phenoxy) is 1. The molecule has 0 fully saturated rings. The number of hydrogen-bond donors (Lipinski definition) is 3. The van der Waals surface area contributed by atoms with Crippen molar-refractivity contribution < 1.29 is 24.5 Å². The first-order chi connectivity index (χ1) is 6.57. The lowest BCUT2D eigenvalue weighted by Crippen LogP contribution is -2.32. The van der Waals surface area contributed by atoms with E-state index >= 15 is 0 Å². The Balaban J connectivity index is 3.30. The number of esters is 1. The van der Waals surface area contributed by atoms with E-state index < -0.39 is 17.9 Å². The fraction of sp³-hybridized carbons (Fsp3) is 0.750. The molecule has 0 saturated carbocycles. The van der Waals surface area contributed by atoms with E-state index in [-0.39, 0.29) is 19.8 Å². The van der Waals surface area contributed by atoms with Crippen LogP contribution in [0.4, 0.5) is 0 Å². The molecule has 0 aliphatic heterocycles. The van der Waals surface area contributed by atoms with Crippen LogP contribution in [-0.2, 0) is 14.3 Å². The smallest absolute Gasteiger partial charge is 0.374 e. The summed E-state index contributed by atoms with van der Waals surface area (Å²) in [6, 6.07) is 0. The molecule has 0 aromatic rings. The van der Waals surface area contributed by atoms with Crippen molar-refractivity contribution in [3.63, 3.8) is 0 Å². The van der Waals surface area contributed by atoms with Crippen molar-refractivity contribution in [1.82, 2.24) is 5.32 Å². The second kappa shape index (κ2) is 7.43. The van der Waals surface area contributed by atoms with Gasteiger partial charge in [0.05, 0.1) is 12.7 Å². The molecular weight excluding hydrogens is 190 g/mol. The summed E-state index contributed by atoms with van der Waals surface area (Å²) in [5.41, 5.74) is 0. The summed E-state index contributed by atoms with van der Waals surface area (Å²) in [6.07, 6.45) is -0.821. The molecule has 0 saturated heterocycles. The largest absolute Gasteiger partial charge is 0.459 e. The Kier molecular flexibility index (Phi) is 6.91. The molecule has 1 unspecified atom stereocenters. The molecule has 0 radical (unpaired) electrons. The lowest BCUT2D eigenvalue weighted by molar-refractivity contribution is -0.152. The van der Waals surface area contributed by atoms with Gasteiger partial charge < -0.3 is 20.3 Å². The maximum Gasteiger partial charge on any atom is 0.374 e. The van der Waals surface area contributed by atoms with E-state index in [2.05, 4.69) is 10.1 Å². The van der Waals surface area contributed by atoms with E-state index in [0.717, 1.165) is 6.92 Å². The molecule has 0 aliphatic carbocycles. The lowest BCUT2D eigenvalue weighted by atomic mass is 10.4. The van der Waals surface area contributed by atoms with Crippen molar-refractivity contribution >= 4 is 11.8 Å². The Morgan fingerprint density at radius 3 is 2.64 bits per heavy atom. The third kappa shape index (κ3) is 6.53. The summed E-state index contributed by atoms with van der Waals surface area (Å²) in [6.45, 7) is 1.42. The second-order valence-corrected chi connectivity index (χ2v) is 2.73. The Morgan fingerprint density at radius 1 is 1.50 bits per heavy atom. The molecule has 0 spiro atoms. The SMILES string of the molecule is CC(=O)C(=O)OCCNCC(O)CO. The fourth-order valence-electron chi connectivity index (χ4n) is 0.651. The quantitative estimate of drug-likeness (QED) is 0.254. The van der Waals surface area contributed by atoms with Crippen LogP contribution in [-0.4, -0.2) is 54.4 Å². The molecule has 6 nitrogen and oxygen atoms in total. The van der Waals surface area contributed by atoms with Crippen LogP contribution >= 0.6 is 0 Å². The lowest BCUT2D eigenvalue weighted by Gasteiger charge is -2.08. The average Bonchev–Trinajstić information content (AvgIpc) is 2.16. The maximum atomic E-state index is 10.6. The van der Waals surface area contributed by atoms with Gasteiger partial charge in [-0.25, -0.2) is 4.79 Å². The normalized spacial score (nSPS) is 12.2. The van der Waals surface area contributed by atoms with E-state index in [4.69, 9.17) is 10.2 Å². The number of carbonyl (C=O) groups excluding carboxylic acids is 2. The first kappa shape index (κ1) is 13.0. The average molecular weight is 205 g/mol. The third-order valence-corrected chi connectivity index (χ3v) is 1.39. The Hall–Kier alpha value is -0.980. The minimum Gasteiger partial charge on any atom is -0.459 e. The van der Waals surface area contributed by atoms with Crippen molar-refractivity contribution in [2.75, 3.05) is 26.3 Å². The minimum absolute atomic E-state index is 0.0660. The van der Waals surface area contributed by atoms with Gasteiger partial charge in [-0.05, 0) is 0 Å². The molecule has 82 valence electrons. The fourth-order valence-corrected chi connectivity index (χ4v) is 0.651. The number of hydrogen-bond acceptors (Lipinski definition) is 6. The standard InChI is InChI=1S/C8H15NO5/c1-6(11)8(13)14-3-2-9-4-7(12)5-10/h7,9-10,12H,2-5H2,1H3. The van der Waals surface area contributed by atoms with Gasteiger partial charge in [-0.2, -0.15) is 0 Å². The number of ketones is 1. The third-order valence-electron chi connectivity index (χ3n) is 1.39. The van der Waals surface area contributed by atoms with Gasteiger partial charge in [0.15, 0.2) is 0 Å². The van der Waals surface area contributed by atoms with Gasteiger partial charge in [0.25, 0.3) is 0 Å². The molecule has 6 heteroatoms. The highest BCUT2D eigenvalue weighted by Gasteiger charge is 2.07. The van der Waals surface area contributed by atoms with Crippen molar-refractivity contribution in [2.24, 2.45) is 0 Å². The predicted octanol–water partition coefficient (Wildman–Crippen LogP) is -1.94. The van der Waals surface area contributed by atoms with Crippen molar-refractivity contribution in [1.29, 1.82) is 0 Å². The zero-order chi connectivity index (χ0) is 11.0. The second-order valence-electron chi connectivity index (χ2n) is 2.73. The molecule has 0 aromatic heterocycles. The number of rotatable bonds is 7. The zero-order valence-electron chi connectivity index (χ0n) is 8.02. The highest BCUT2D eigenvalue weighted by molar-refractivity contribution is 6.32. The van der Waals surface area contributed by atoms with Crippen LogP contribution in [0.25, 0.3) is 0 Å². The molecule has 14 heavy (non-hydrogen) atoms. The van der Waals surface area contributed by atoms with Gasteiger partial charge in [0.1, 0.15) is 6.61 Å². The molecule has 0 bridgehead atoms. The monoisotopic (exact) mass is 205 g/mol. The highest BCUT2D eigenvalue weighted by Crippen LogP contribution is 1.80. The number of Topliss-reactive ketones (excluding diaryl/α,β-unsaturated/α-hetero) is 1. The van der Waals surface area contributed by atoms with E-state index in [1.807, 2.05) is 0 Å².